The number of rotatable bonds is 12. The number of benzene rings is 2. The van der Waals surface area contributed by atoms with Crippen molar-refractivity contribution in [3.63, 3.8) is 0 Å². The number of hydrogen-bond acceptors (Lipinski definition) is 4. The van der Waals surface area contributed by atoms with Gasteiger partial charge in [0.1, 0.15) is 17.5 Å². The molecule has 31 heavy (non-hydrogen) atoms. The lowest BCUT2D eigenvalue weighted by atomic mass is 10.1. The molecule has 2 amide bonds. The summed E-state index contributed by atoms with van der Waals surface area (Å²) in [7, 11) is 1.61. The van der Waals surface area contributed by atoms with Crippen LogP contribution >= 0.6 is 0 Å². The van der Waals surface area contributed by atoms with Crippen LogP contribution < -0.4 is 14.8 Å². The summed E-state index contributed by atoms with van der Waals surface area (Å²) < 4.78 is 11.0. The topological polar surface area (TPSA) is 67.9 Å². The summed E-state index contributed by atoms with van der Waals surface area (Å²) in [5.41, 5.74) is 0.920. The molecule has 0 fully saturated rings. The van der Waals surface area contributed by atoms with Gasteiger partial charge in [0.2, 0.25) is 11.8 Å². The fourth-order valence-electron chi connectivity index (χ4n) is 3.34. The summed E-state index contributed by atoms with van der Waals surface area (Å²) in [5, 5.41) is 2.94. The van der Waals surface area contributed by atoms with E-state index in [1.165, 1.54) is 0 Å². The van der Waals surface area contributed by atoms with E-state index in [1.54, 1.807) is 12.0 Å². The Labute approximate surface area is 185 Å². The van der Waals surface area contributed by atoms with E-state index in [-0.39, 0.29) is 17.9 Å². The second-order valence-electron chi connectivity index (χ2n) is 7.73. The molecule has 0 heterocycles. The quantitative estimate of drug-likeness (QED) is 0.517. The zero-order chi connectivity index (χ0) is 22.6. The number of amides is 2. The number of methoxy groups -OCH3 is 1. The third kappa shape index (κ3) is 7.96. The first-order valence-electron chi connectivity index (χ1n) is 10.8. The number of carbonyl (C=O) groups is 2. The molecule has 0 saturated heterocycles. The van der Waals surface area contributed by atoms with Crippen molar-refractivity contribution < 1.29 is 19.1 Å². The monoisotopic (exact) mass is 426 g/mol. The van der Waals surface area contributed by atoms with E-state index in [0.29, 0.717) is 32.4 Å². The van der Waals surface area contributed by atoms with Gasteiger partial charge in [-0.05, 0) is 56.5 Å². The van der Waals surface area contributed by atoms with Crippen molar-refractivity contribution in [1.82, 2.24) is 10.2 Å². The van der Waals surface area contributed by atoms with Gasteiger partial charge < -0.3 is 19.7 Å². The number of hydrogen-bond donors (Lipinski definition) is 1. The average molecular weight is 427 g/mol. The van der Waals surface area contributed by atoms with Gasteiger partial charge in [-0.2, -0.15) is 0 Å². The molecule has 2 aromatic carbocycles. The number of ether oxygens (including phenoxy) is 2. The van der Waals surface area contributed by atoms with E-state index < -0.39 is 6.04 Å². The molecule has 0 saturated carbocycles. The first-order valence-corrected chi connectivity index (χ1v) is 10.8. The van der Waals surface area contributed by atoms with Crippen LogP contribution in [0.5, 0.6) is 11.5 Å². The smallest absolute Gasteiger partial charge is 0.243 e. The highest BCUT2D eigenvalue weighted by Crippen LogP contribution is 2.18. The average Bonchev–Trinajstić information content (AvgIpc) is 2.76. The molecule has 0 aliphatic heterocycles. The molecule has 0 aromatic heterocycles. The first kappa shape index (κ1) is 24.3. The molecular weight excluding hydrogens is 392 g/mol. The summed E-state index contributed by atoms with van der Waals surface area (Å²) in [6, 6.07) is 16.6. The van der Waals surface area contributed by atoms with Crippen LogP contribution in [-0.2, 0) is 16.1 Å². The first-order chi connectivity index (χ1) is 14.9. The molecule has 0 aliphatic carbocycles. The molecule has 1 atom stereocenters. The summed E-state index contributed by atoms with van der Waals surface area (Å²) in [6.45, 7) is 6.55. The van der Waals surface area contributed by atoms with Crippen molar-refractivity contribution in [2.75, 3.05) is 13.7 Å². The largest absolute Gasteiger partial charge is 0.497 e. The molecular formula is C25H34N2O4. The standard InChI is InChI=1S/C25H34N2O4/c1-5-23(25(29)26-19(2)3)27(18-20-11-9-14-22(17-20)30-4)24(28)15-10-16-31-21-12-7-6-8-13-21/h6-9,11-14,17,19,23H,5,10,15-16,18H2,1-4H3,(H,26,29)/t23-/m1/s1. The normalized spacial score (nSPS) is 11.6. The van der Waals surface area contributed by atoms with Crippen LogP contribution in [0.25, 0.3) is 0 Å². The van der Waals surface area contributed by atoms with Gasteiger partial charge in [0.05, 0.1) is 13.7 Å². The Hall–Kier alpha value is -3.02. The van der Waals surface area contributed by atoms with Crippen molar-refractivity contribution >= 4 is 11.8 Å². The molecule has 168 valence electrons. The number of nitrogens with one attached hydrogen (secondary N) is 1. The number of carbonyl (C=O) groups excluding carboxylic acids is 2. The molecule has 2 rings (SSSR count). The van der Waals surface area contributed by atoms with Crippen LogP contribution in [-0.4, -0.2) is 42.5 Å². The summed E-state index contributed by atoms with van der Waals surface area (Å²) in [5.74, 6) is 1.31. The van der Waals surface area contributed by atoms with Crippen LogP contribution in [0.15, 0.2) is 54.6 Å². The molecule has 2 aromatic rings. The van der Waals surface area contributed by atoms with Crippen molar-refractivity contribution in [2.45, 2.75) is 58.7 Å². The molecule has 0 unspecified atom stereocenters. The van der Waals surface area contributed by atoms with Crippen molar-refractivity contribution in [3.8, 4) is 11.5 Å². The maximum absolute atomic E-state index is 13.2. The van der Waals surface area contributed by atoms with Gasteiger partial charge in [0.15, 0.2) is 0 Å². The number of nitrogens with zero attached hydrogens (tertiary/aromatic N) is 1. The maximum atomic E-state index is 13.2. The summed E-state index contributed by atoms with van der Waals surface area (Å²) in [6.07, 6.45) is 1.42. The molecule has 0 radical (unpaired) electrons. The lowest BCUT2D eigenvalue weighted by Gasteiger charge is -2.31. The molecule has 6 heteroatoms. The predicted octanol–water partition coefficient (Wildman–Crippen LogP) is 4.19. The SMILES string of the molecule is CC[C@H](C(=O)NC(C)C)N(Cc1cccc(OC)c1)C(=O)CCCOc1ccccc1. The Morgan fingerprint density at radius 2 is 1.74 bits per heavy atom. The van der Waals surface area contributed by atoms with E-state index >= 15 is 0 Å². The van der Waals surface area contributed by atoms with Gasteiger partial charge in [-0.1, -0.05) is 37.3 Å². The maximum Gasteiger partial charge on any atom is 0.243 e. The number of para-hydroxylation sites is 1. The Morgan fingerprint density at radius 1 is 1.03 bits per heavy atom. The van der Waals surface area contributed by atoms with Crippen LogP contribution in [0.3, 0.4) is 0 Å². The van der Waals surface area contributed by atoms with Crippen LogP contribution in [0, 0.1) is 0 Å². The van der Waals surface area contributed by atoms with Gasteiger partial charge in [-0.3, -0.25) is 9.59 Å². The molecule has 0 bridgehead atoms. The van der Waals surface area contributed by atoms with Gasteiger partial charge in [-0.25, -0.2) is 0 Å². The van der Waals surface area contributed by atoms with E-state index in [2.05, 4.69) is 5.32 Å². The highest BCUT2D eigenvalue weighted by molar-refractivity contribution is 5.87. The van der Waals surface area contributed by atoms with Gasteiger partial charge in [0.25, 0.3) is 0 Å². The van der Waals surface area contributed by atoms with Gasteiger partial charge in [-0.15, -0.1) is 0 Å². The third-order valence-corrected chi connectivity index (χ3v) is 4.85. The van der Waals surface area contributed by atoms with Crippen LogP contribution in [0.2, 0.25) is 0 Å². The lowest BCUT2D eigenvalue weighted by molar-refractivity contribution is -0.141. The molecule has 0 spiro atoms. The van der Waals surface area contributed by atoms with Crippen LogP contribution in [0.1, 0.15) is 45.6 Å². The Morgan fingerprint density at radius 3 is 2.39 bits per heavy atom. The zero-order valence-corrected chi connectivity index (χ0v) is 19.0. The highest BCUT2D eigenvalue weighted by Gasteiger charge is 2.28. The minimum absolute atomic E-state index is 0.00888. The molecule has 6 nitrogen and oxygen atoms in total. The van der Waals surface area contributed by atoms with Crippen LogP contribution in [0.4, 0.5) is 0 Å². The van der Waals surface area contributed by atoms with Crippen molar-refractivity contribution in [1.29, 1.82) is 0 Å². The Balaban J connectivity index is 2.08. The summed E-state index contributed by atoms with van der Waals surface area (Å²) in [4.78, 5) is 27.6. The Kier molecular flexibility index (Phi) is 9.88. The van der Waals surface area contributed by atoms with E-state index in [0.717, 1.165) is 17.1 Å². The second kappa shape index (κ2) is 12.6. The van der Waals surface area contributed by atoms with Gasteiger partial charge >= 0.3 is 0 Å². The lowest BCUT2D eigenvalue weighted by Crippen LogP contribution is -2.50. The summed E-state index contributed by atoms with van der Waals surface area (Å²) >= 11 is 0. The minimum Gasteiger partial charge on any atom is -0.497 e. The third-order valence-electron chi connectivity index (χ3n) is 4.85. The second-order valence-corrected chi connectivity index (χ2v) is 7.73. The van der Waals surface area contributed by atoms with Crippen molar-refractivity contribution in [3.05, 3.63) is 60.2 Å². The fraction of sp³-hybridized carbons (Fsp3) is 0.440. The molecule has 0 aliphatic rings. The minimum atomic E-state index is -0.531. The van der Waals surface area contributed by atoms with Gasteiger partial charge in [0, 0.05) is 19.0 Å². The fourth-order valence-corrected chi connectivity index (χ4v) is 3.34. The van der Waals surface area contributed by atoms with E-state index in [1.807, 2.05) is 75.4 Å². The highest BCUT2D eigenvalue weighted by atomic mass is 16.5. The molecule has 1 N–H and O–H groups in total. The van der Waals surface area contributed by atoms with E-state index in [4.69, 9.17) is 9.47 Å². The Bertz CT molecular complexity index is 823. The zero-order valence-electron chi connectivity index (χ0n) is 19.0. The van der Waals surface area contributed by atoms with E-state index in [9.17, 15) is 9.59 Å². The van der Waals surface area contributed by atoms with Crippen molar-refractivity contribution in [2.24, 2.45) is 0 Å². The predicted molar refractivity (Wildman–Crippen MR) is 122 cm³/mol.